The summed E-state index contributed by atoms with van der Waals surface area (Å²) in [6.45, 7) is 2.15. The summed E-state index contributed by atoms with van der Waals surface area (Å²) >= 11 is 0. The summed E-state index contributed by atoms with van der Waals surface area (Å²) in [5.41, 5.74) is -3.50. The van der Waals surface area contributed by atoms with E-state index in [0.717, 1.165) is 32.2 Å². The zero-order valence-corrected chi connectivity index (χ0v) is 22.6. The lowest BCUT2D eigenvalue weighted by Crippen LogP contribution is -2.46. The number of hydrogen-bond acceptors (Lipinski definition) is 6. The molecule has 2 aromatic heterocycles. The molecule has 17 heteroatoms. The van der Waals surface area contributed by atoms with E-state index < -0.39 is 70.6 Å². The van der Waals surface area contributed by atoms with E-state index in [9.17, 15) is 44.7 Å². The van der Waals surface area contributed by atoms with Crippen LogP contribution in [0.2, 0.25) is 0 Å². The van der Waals surface area contributed by atoms with E-state index in [1.165, 1.54) is 26.2 Å². The summed E-state index contributed by atoms with van der Waals surface area (Å²) in [7, 11) is 2.43. The molecule has 0 spiro atoms. The van der Waals surface area contributed by atoms with Gasteiger partial charge in [0.05, 0.1) is 18.0 Å². The number of methoxy groups -OCH3 is 1. The summed E-state index contributed by atoms with van der Waals surface area (Å²) in [4.78, 5) is 40.9. The van der Waals surface area contributed by atoms with Crippen LogP contribution in [0.4, 0.5) is 35.1 Å². The van der Waals surface area contributed by atoms with Crippen molar-refractivity contribution < 1.29 is 59.3 Å². The number of pyridine rings is 2. The van der Waals surface area contributed by atoms with Crippen LogP contribution in [0, 0.1) is 17.6 Å². The number of hydrogen-bond donors (Lipinski definition) is 3. The summed E-state index contributed by atoms with van der Waals surface area (Å²) < 4.78 is 113. The molecule has 234 valence electrons. The minimum absolute atomic E-state index is 0.0434. The van der Waals surface area contributed by atoms with E-state index in [1.807, 2.05) is 0 Å². The zero-order chi connectivity index (χ0) is 32.7. The largest absolute Gasteiger partial charge is 0.493 e. The molecule has 0 aliphatic carbocycles. The Hall–Kier alpha value is -4.28. The number of aromatic amines is 1. The van der Waals surface area contributed by atoms with Gasteiger partial charge in [0, 0.05) is 42.4 Å². The Morgan fingerprint density at radius 3 is 2.26 bits per heavy atom. The normalized spacial score (nSPS) is 22.1. The number of alkyl halides is 6. The average molecular weight is 625 g/mol. The number of carbonyl (C=O) groups excluding carboxylic acids is 1. The van der Waals surface area contributed by atoms with Crippen molar-refractivity contribution in [2.75, 3.05) is 14.2 Å². The highest BCUT2D eigenvalue weighted by Gasteiger charge is 2.65. The van der Waals surface area contributed by atoms with Crippen LogP contribution in [0.25, 0.3) is 10.9 Å². The van der Waals surface area contributed by atoms with E-state index in [2.05, 4.69) is 15.3 Å². The molecule has 1 fully saturated rings. The fourth-order valence-electron chi connectivity index (χ4n) is 4.74. The van der Waals surface area contributed by atoms with Gasteiger partial charge in [-0.05, 0) is 19.1 Å². The van der Waals surface area contributed by atoms with Crippen LogP contribution >= 0.6 is 0 Å². The number of aliphatic carboxylic acids is 1. The van der Waals surface area contributed by atoms with Crippen molar-refractivity contribution >= 4 is 22.8 Å². The average Bonchev–Trinajstić information content (AvgIpc) is 3.20. The number of halogens is 8. The van der Waals surface area contributed by atoms with Crippen LogP contribution in [-0.2, 0) is 9.53 Å². The number of aromatic nitrogens is 2. The zero-order valence-electron chi connectivity index (χ0n) is 22.6. The Morgan fingerprint density at radius 1 is 1.14 bits per heavy atom. The molecule has 4 rings (SSSR count). The number of benzene rings is 1. The fraction of sp³-hybridized carbons (Fsp3) is 0.385. The third kappa shape index (κ3) is 6.11. The number of carboxylic acids is 1. The van der Waals surface area contributed by atoms with Crippen molar-refractivity contribution in [2.45, 2.75) is 43.8 Å². The highest BCUT2D eigenvalue weighted by molar-refractivity contribution is 6.04. The Balaban J connectivity index is 0.000000646. The number of amides is 1. The second kappa shape index (κ2) is 11.8. The number of ether oxygens (including phenoxy) is 2. The number of nitrogens with zero attached hydrogens (tertiary/aromatic N) is 1. The van der Waals surface area contributed by atoms with Crippen molar-refractivity contribution in [1.29, 1.82) is 0 Å². The predicted octanol–water partition coefficient (Wildman–Crippen LogP) is 5.02. The lowest BCUT2D eigenvalue weighted by molar-refractivity contribution is -0.275. The number of H-pyrrole nitrogens is 1. The molecule has 43 heavy (non-hydrogen) atoms. The van der Waals surface area contributed by atoms with Gasteiger partial charge in [0.15, 0.2) is 22.6 Å². The lowest BCUT2D eigenvalue weighted by atomic mass is 9.76. The maximum atomic E-state index is 14.6. The molecule has 3 heterocycles. The van der Waals surface area contributed by atoms with Crippen molar-refractivity contribution in [1.82, 2.24) is 15.3 Å². The predicted molar refractivity (Wildman–Crippen MR) is 133 cm³/mol. The third-order valence-corrected chi connectivity index (χ3v) is 7.07. The summed E-state index contributed by atoms with van der Waals surface area (Å²) in [5, 5.41) is 9.43. The molecule has 0 radical (unpaired) electrons. The highest BCUT2D eigenvalue weighted by atomic mass is 19.4. The monoisotopic (exact) mass is 625 g/mol. The lowest BCUT2D eigenvalue weighted by Gasteiger charge is -2.32. The van der Waals surface area contributed by atoms with E-state index in [4.69, 9.17) is 19.4 Å². The number of rotatable bonds is 4. The molecule has 0 saturated carbocycles. The first-order chi connectivity index (χ1) is 19.8. The first-order valence-electron chi connectivity index (χ1n) is 12.1. The molecule has 3 N–H and O–H groups in total. The van der Waals surface area contributed by atoms with Gasteiger partial charge in [-0.2, -0.15) is 30.7 Å². The van der Waals surface area contributed by atoms with Crippen LogP contribution in [0.5, 0.6) is 5.75 Å². The van der Waals surface area contributed by atoms with Gasteiger partial charge in [-0.15, -0.1) is 0 Å². The van der Waals surface area contributed by atoms with Gasteiger partial charge < -0.3 is 24.9 Å². The van der Waals surface area contributed by atoms with Crippen LogP contribution in [0.1, 0.15) is 47.6 Å². The van der Waals surface area contributed by atoms with E-state index >= 15 is 0 Å². The molecule has 1 amide bonds. The van der Waals surface area contributed by atoms with Crippen LogP contribution < -0.4 is 15.5 Å². The Labute approximate surface area is 236 Å². The van der Waals surface area contributed by atoms with Gasteiger partial charge >= 0.3 is 18.3 Å². The topological polar surface area (TPSA) is 131 Å². The van der Waals surface area contributed by atoms with Crippen molar-refractivity contribution in [2.24, 2.45) is 5.92 Å². The summed E-state index contributed by atoms with van der Waals surface area (Å²) in [5.74, 6) is -9.03. The first-order valence-corrected chi connectivity index (χ1v) is 12.1. The molecule has 1 aliphatic rings. The van der Waals surface area contributed by atoms with Gasteiger partial charge in [-0.3, -0.25) is 14.6 Å². The standard InChI is InChI=1S/C24H22F5N3O4.C2HF3O2/c1-10-16(11-5-6-12(25)18(26)20(11)35-4)21(36-23(10,2)24(27,28)29)14-9-15(33)17-13(32-14)7-8-31-19(17)22(34)30-3;3-2(4,5)1(6)7/h5-10,16,21H,1-4H3,(H,30,34)(H,32,33);(H,6,7)/t10-,16-,21-,23+;/m0./s1. The van der Waals surface area contributed by atoms with E-state index in [0.29, 0.717) is 0 Å². The van der Waals surface area contributed by atoms with Crippen molar-refractivity contribution in [3.05, 3.63) is 69.3 Å². The summed E-state index contributed by atoms with van der Waals surface area (Å²) in [6, 6.07) is 4.35. The molecule has 1 aromatic carbocycles. The number of nitrogens with one attached hydrogen (secondary N) is 2. The first kappa shape index (κ1) is 33.2. The smallest absolute Gasteiger partial charge is 0.490 e. The van der Waals surface area contributed by atoms with Gasteiger partial charge in [0.25, 0.3) is 5.91 Å². The van der Waals surface area contributed by atoms with Gasteiger partial charge in [-0.25, -0.2) is 9.18 Å². The molecule has 0 bridgehead atoms. The SMILES string of the molecule is CNC(=O)c1nccc2[nH]c([C@@H]3O[C@@](C)(C(F)(F)F)[C@@H](C)[C@H]3c3ccc(F)c(F)c3OC)cc(=O)c12.O=C(O)C(F)(F)F. The van der Waals surface area contributed by atoms with Gasteiger partial charge in [0.2, 0.25) is 5.82 Å². The Kier molecular flexibility index (Phi) is 9.10. The maximum absolute atomic E-state index is 14.6. The van der Waals surface area contributed by atoms with E-state index in [1.54, 1.807) is 0 Å². The van der Waals surface area contributed by atoms with Crippen molar-refractivity contribution in [3.63, 3.8) is 0 Å². The second-order valence-corrected chi connectivity index (χ2v) is 9.49. The molecule has 0 unspecified atom stereocenters. The molecular weight excluding hydrogens is 602 g/mol. The molecule has 4 atom stereocenters. The Morgan fingerprint density at radius 2 is 1.74 bits per heavy atom. The Bertz CT molecular complexity index is 1610. The molecule has 9 nitrogen and oxygen atoms in total. The van der Waals surface area contributed by atoms with Crippen LogP contribution in [0.15, 0.2) is 35.3 Å². The van der Waals surface area contributed by atoms with Gasteiger partial charge in [-0.1, -0.05) is 13.0 Å². The molecule has 1 aliphatic heterocycles. The third-order valence-electron chi connectivity index (χ3n) is 7.07. The van der Waals surface area contributed by atoms with Crippen LogP contribution in [-0.4, -0.2) is 59.1 Å². The molecular formula is C26H23F8N3O6. The quantitative estimate of drug-likeness (QED) is 0.348. The molecule has 3 aromatic rings. The number of carbonyl (C=O) groups is 2. The van der Waals surface area contributed by atoms with Crippen LogP contribution in [0.3, 0.4) is 0 Å². The van der Waals surface area contributed by atoms with Crippen molar-refractivity contribution in [3.8, 4) is 5.75 Å². The highest BCUT2D eigenvalue weighted by Crippen LogP contribution is 2.59. The fourth-order valence-corrected chi connectivity index (χ4v) is 4.74. The molecule has 1 saturated heterocycles. The summed E-state index contributed by atoms with van der Waals surface area (Å²) in [6.07, 6.45) is -10.1. The second-order valence-electron chi connectivity index (χ2n) is 9.49. The number of carboxylic acid groups (broad SMARTS) is 1. The van der Waals surface area contributed by atoms with Gasteiger partial charge in [0.1, 0.15) is 11.8 Å². The van der Waals surface area contributed by atoms with E-state index in [-0.39, 0.29) is 27.9 Å². The number of fused-ring (bicyclic) bond motifs is 1. The maximum Gasteiger partial charge on any atom is 0.490 e. The minimum Gasteiger partial charge on any atom is -0.493 e. The minimum atomic E-state index is -5.08.